The topological polar surface area (TPSA) is 92.7 Å². The minimum absolute atomic E-state index is 0.00788. The fourth-order valence-corrected chi connectivity index (χ4v) is 4.23. The van der Waals surface area contributed by atoms with Crippen molar-refractivity contribution in [1.29, 1.82) is 0 Å². The number of nitrogens with one attached hydrogen (secondary N) is 1. The summed E-state index contributed by atoms with van der Waals surface area (Å²) in [4.78, 5) is 34.7. The molecule has 1 amide bonds. The zero-order chi connectivity index (χ0) is 14.3. The van der Waals surface area contributed by atoms with Crippen LogP contribution in [-0.2, 0) is 14.3 Å². The van der Waals surface area contributed by atoms with Crippen LogP contribution in [0, 0.1) is 17.8 Å². The first kappa shape index (κ1) is 13.5. The molecular weight excluding hydrogens is 282 g/mol. The van der Waals surface area contributed by atoms with Crippen molar-refractivity contribution in [3.05, 3.63) is 12.2 Å². The van der Waals surface area contributed by atoms with Gasteiger partial charge in [-0.2, -0.15) is 0 Å². The largest absolute Gasteiger partial charge is 0.506 e. The Kier molecular flexibility index (Phi) is 3.45. The second-order valence-corrected chi connectivity index (χ2v) is 6.44. The number of carboxylic acid groups (broad SMARTS) is 1. The molecule has 2 aliphatic carbocycles. The summed E-state index contributed by atoms with van der Waals surface area (Å²) in [6.45, 7) is 0. The van der Waals surface area contributed by atoms with Crippen molar-refractivity contribution in [2.45, 2.75) is 25.0 Å². The lowest BCUT2D eigenvalue weighted by Gasteiger charge is -2.26. The Hall–Kier alpha value is -1.50. The normalized spacial score (nSPS) is 38.2. The van der Waals surface area contributed by atoms with Crippen LogP contribution >= 0.6 is 11.8 Å². The highest BCUT2D eigenvalue weighted by Crippen LogP contribution is 2.45. The Bertz CT molecular complexity index is 491. The molecule has 3 aliphatic rings. The molecule has 5 atom stereocenters. The van der Waals surface area contributed by atoms with E-state index < -0.39 is 24.2 Å². The minimum Gasteiger partial charge on any atom is -0.450 e. The number of rotatable bonds is 3. The SMILES string of the molecule is O=C(O)OC1C2C=CC(C2)C1C(=O)NC1CCSC1=O. The third kappa shape index (κ3) is 2.30. The quantitative estimate of drug-likeness (QED) is 0.597. The number of amides is 1. The molecule has 0 aromatic heterocycles. The predicted molar refractivity (Wildman–Crippen MR) is 71.1 cm³/mol. The molecule has 108 valence electrons. The second kappa shape index (κ2) is 5.12. The van der Waals surface area contributed by atoms with E-state index in [2.05, 4.69) is 5.32 Å². The highest BCUT2D eigenvalue weighted by Gasteiger charge is 2.51. The zero-order valence-electron chi connectivity index (χ0n) is 10.7. The van der Waals surface area contributed by atoms with Crippen LogP contribution in [0.5, 0.6) is 0 Å². The first-order valence-corrected chi connectivity index (χ1v) is 7.59. The van der Waals surface area contributed by atoms with Crippen LogP contribution in [0.3, 0.4) is 0 Å². The van der Waals surface area contributed by atoms with E-state index in [4.69, 9.17) is 9.84 Å². The predicted octanol–water partition coefficient (Wildman–Crippen LogP) is 1.02. The van der Waals surface area contributed by atoms with E-state index in [9.17, 15) is 14.4 Å². The number of thioether (sulfide) groups is 1. The van der Waals surface area contributed by atoms with Gasteiger partial charge in [-0.1, -0.05) is 23.9 Å². The molecule has 3 rings (SSSR count). The van der Waals surface area contributed by atoms with Crippen LogP contribution in [0.25, 0.3) is 0 Å². The molecule has 20 heavy (non-hydrogen) atoms. The number of carbonyl (C=O) groups excluding carboxylic acids is 2. The molecule has 2 bridgehead atoms. The lowest BCUT2D eigenvalue weighted by molar-refractivity contribution is -0.132. The van der Waals surface area contributed by atoms with Crippen LogP contribution in [0.1, 0.15) is 12.8 Å². The first-order chi connectivity index (χ1) is 9.56. The highest BCUT2D eigenvalue weighted by molar-refractivity contribution is 8.14. The van der Waals surface area contributed by atoms with E-state index >= 15 is 0 Å². The average molecular weight is 297 g/mol. The summed E-state index contributed by atoms with van der Waals surface area (Å²) in [6.07, 6.45) is 3.24. The summed E-state index contributed by atoms with van der Waals surface area (Å²) in [5.74, 6) is -0.0856. The van der Waals surface area contributed by atoms with E-state index in [1.807, 2.05) is 12.2 Å². The second-order valence-electron chi connectivity index (χ2n) is 5.34. The molecule has 1 saturated heterocycles. The zero-order valence-corrected chi connectivity index (χ0v) is 11.5. The average Bonchev–Trinajstić information content (AvgIpc) is 3.06. The minimum atomic E-state index is -1.36. The fourth-order valence-electron chi connectivity index (χ4n) is 3.29. The molecule has 2 N–H and O–H groups in total. The van der Waals surface area contributed by atoms with Gasteiger partial charge in [-0.15, -0.1) is 0 Å². The summed E-state index contributed by atoms with van der Waals surface area (Å²) in [5, 5.41) is 11.5. The van der Waals surface area contributed by atoms with Gasteiger partial charge >= 0.3 is 6.16 Å². The molecule has 1 heterocycles. The number of allylic oxidation sites excluding steroid dienone is 1. The number of fused-ring (bicyclic) bond motifs is 2. The van der Waals surface area contributed by atoms with Crippen LogP contribution in [-0.4, -0.2) is 40.2 Å². The van der Waals surface area contributed by atoms with Crippen molar-refractivity contribution in [3.8, 4) is 0 Å². The van der Waals surface area contributed by atoms with Gasteiger partial charge in [0, 0.05) is 11.7 Å². The monoisotopic (exact) mass is 297 g/mol. The van der Waals surface area contributed by atoms with Crippen LogP contribution in [0.2, 0.25) is 0 Å². The Labute approximate surface area is 119 Å². The van der Waals surface area contributed by atoms with Gasteiger partial charge in [0.1, 0.15) is 6.10 Å². The smallest absolute Gasteiger partial charge is 0.450 e. The Morgan fingerprint density at radius 3 is 2.75 bits per heavy atom. The van der Waals surface area contributed by atoms with Crippen molar-refractivity contribution in [2.24, 2.45) is 17.8 Å². The first-order valence-electron chi connectivity index (χ1n) is 6.61. The van der Waals surface area contributed by atoms with Crippen LogP contribution < -0.4 is 5.32 Å². The van der Waals surface area contributed by atoms with Gasteiger partial charge in [0.05, 0.1) is 12.0 Å². The van der Waals surface area contributed by atoms with E-state index in [-0.39, 0.29) is 22.9 Å². The molecule has 5 unspecified atom stereocenters. The maximum Gasteiger partial charge on any atom is 0.506 e. The highest BCUT2D eigenvalue weighted by atomic mass is 32.2. The third-order valence-electron chi connectivity index (χ3n) is 4.18. The molecule has 0 spiro atoms. The summed E-state index contributed by atoms with van der Waals surface area (Å²) in [5.41, 5.74) is 0. The van der Waals surface area contributed by atoms with Crippen molar-refractivity contribution in [2.75, 3.05) is 5.75 Å². The van der Waals surface area contributed by atoms with Gasteiger partial charge in [0.2, 0.25) is 11.0 Å². The molecular formula is C13H15NO5S. The number of ether oxygens (including phenoxy) is 1. The van der Waals surface area contributed by atoms with Gasteiger partial charge < -0.3 is 15.2 Å². The van der Waals surface area contributed by atoms with Crippen LogP contribution in [0.4, 0.5) is 4.79 Å². The third-order valence-corrected chi connectivity index (χ3v) is 5.19. The number of hydrogen-bond donors (Lipinski definition) is 2. The summed E-state index contributed by atoms with van der Waals surface area (Å²) >= 11 is 1.22. The summed E-state index contributed by atoms with van der Waals surface area (Å²) in [7, 11) is 0. The van der Waals surface area contributed by atoms with E-state index in [0.717, 1.165) is 12.2 Å². The van der Waals surface area contributed by atoms with E-state index in [1.165, 1.54) is 11.8 Å². The van der Waals surface area contributed by atoms with Gasteiger partial charge in [0.15, 0.2) is 0 Å². The Balaban J connectivity index is 1.70. The van der Waals surface area contributed by atoms with Crippen molar-refractivity contribution in [1.82, 2.24) is 5.32 Å². The molecule has 0 radical (unpaired) electrons. The van der Waals surface area contributed by atoms with Gasteiger partial charge in [0.25, 0.3) is 0 Å². The molecule has 0 aromatic carbocycles. The van der Waals surface area contributed by atoms with E-state index in [0.29, 0.717) is 6.42 Å². The Morgan fingerprint density at radius 2 is 2.10 bits per heavy atom. The number of carbonyl (C=O) groups is 3. The summed E-state index contributed by atoms with van der Waals surface area (Å²) in [6, 6.07) is -0.443. The van der Waals surface area contributed by atoms with Crippen molar-refractivity contribution in [3.63, 3.8) is 0 Å². The number of hydrogen-bond acceptors (Lipinski definition) is 5. The fraction of sp³-hybridized carbons (Fsp3) is 0.615. The lowest BCUT2D eigenvalue weighted by Crippen LogP contribution is -2.46. The molecule has 7 heteroatoms. The Morgan fingerprint density at radius 1 is 1.35 bits per heavy atom. The van der Waals surface area contributed by atoms with E-state index in [1.54, 1.807) is 0 Å². The maximum atomic E-state index is 12.3. The molecule has 1 saturated carbocycles. The van der Waals surface area contributed by atoms with Gasteiger partial charge in [-0.3, -0.25) is 9.59 Å². The van der Waals surface area contributed by atoms with Crippen molar-refractivity contribution >= 4 is 28.9 Å². The standard InChI is InChI=1S/C13H15NO5S/c15-11(14-8-3-4-20-12(8)16)9-6-1-2-7(5-6)10(9)19-13(17)18/h1-2,6-10H,3-5H2,(H,14,15)(H,17,18). The lowest BCUT2D eigenvalue weighted by atomic mass is 9.89. The van der Waals surface area contributed by atoms with Gasteiger partial charge in [-0.25, -0.2) is 4.79 Å². The molecule has 6 nitrogen and oxygen atoms in total. The van der Waals surface area contributed by atoms with Gasteiger partial charge in [-0.05, 0) is 18.8 Å². The molecule has 2 fully saturated rings. The molecule has 0 aromatic rings. The summed E-state index contributed by atoms with van der Waals surface area (Å²) < 4.78 is 4.88. The molecule has 1 aliphatic heterocycles. The maximum absolute atomic E-state index is 12.3. The van der Waals surface area contributed by atoms with Crippen molar-refractivity contribution < 1.29 is 24.2 Å². The van der Waals surface area contributed by atoms with Crippen LogP contribution in [0.15, 0.2) is 12.2 Å².